The molecular weight excluding hydrogens is 286 g/mol. The highest BCUT2D eigenvalue weighted by Gasteiger charge is 2.19. The summed E-state index contributed by atoms with van der Waals surface area (Å²) >= 11 is 5.96. The SMILES string of the molecule is CN(CC(=O)Nc1ccc(C#N)c(Cl)c1)C1CCCCC1. The number of nitrogens with zero attached hydrogens (tertiary/aromatic N) is 2. The van der Waals surface area contributed by atoms with Crippen molar-refractivity contribution < 1.29 is 4.79 Å². The number of hydrogen-bond donors (Lipinski definition) is 1. The molecular formula is C16H20ClN3O. The smallest absolute Gasteiger partial charge is 0.238 e. The Balaban J connectivity index is 1.89. The average Bonchev–Trinajstić information content (AvgIpc) is 2.48. The first-order valence-electron chi connectivity index (χ1n) is 7.30. The summed E-state index contributed by atoms with van der Waals surface area (Å²) in [6.07, 6.45) is 6.16. The molecule has 2 rings (SSSR count). The first-order valence-corrected chi connectivity index (χ1v) is 7.67. The number of anilines is 1. The van der Waals surface area contributed by atoms with E-state index in [2.05, 4.69) is 10.2 Å². The van der Waals surface area contributed by atoms with Crippen molar-refractivity contribution in [3.05, 3.63) is 28.8 Å². The Hall–Kier alpha value is -1.57. The van der Waals surface area contributed by atoms with E-state index in [1.165, 1.54) is 32.1 Å². The van der Waals surface area contributed by atoms with E-state index in [1.54, 1.807) is 18.2 Å². The normalized spacial score (nSPS) is 15.7. The molecule has 0 unspecified atom stereocenters. The number of halogens is 1. The summed E-state index contributed by atoms with van der Waals surface area (Å²) in [4.78, 5) is 14.2. The van der Waals surface area contributed by atoms with Gasteiger partial charge in [-0.15, -0.1) is 0 Å². The van der Waals surface area contributed by atoms with Crippen LogP contribution in [0.2, 0.25) is 5.02 Å². The van der Waals surface area contributed by atoms with Gasteiger partial charge in [-0.1, -0.05) is 30.9 Å². The van der Waals surface area contributed by atoms with Gasteiger partial charge in [0.2, 0.25) is 5.91 Å². The van der Waals surface area contributed by atoms with Gasteiger partial charge in [-0.2, -0.15) is 5.26 Å². The van der Waals surface area contributed by atoms with Crippen molar-refractivity contribution in [3.8, 4) is 6.07 Å². The second-order valence-corrected chi connectivity index (χ2v) is 5.97. The molecule has 5 heteroatoms. The Morgan fingerprint density at radius 3 is 2.76 bits per heavy atom. The molecule has 1 aromatic carbocycles. The van der Waals surface area contributed by atoms with Gasteiger partial charge in [-0.3, -0.25) is 9.69 Å². The Morgan fingerprint density at radius 1 is 1.43 bits per heavy atom. The lowest BCUT2D eigenvalue weighted by Crippen LogP contribution is -2.39. The van der Waals surface area contributed by atoms with Crippen molar-refractivity contribution in [2.24, 2.45) is 0 Å². The topological polar surface area (TPSA) is 56.1 Å². The molecule has 1 amide bonds. The zero-order valence-corrected chi connectivity index (χ0v) is 13.0. The van der Waals surface area contributed by atoms with E-state index >= 15 is 0 Å². The fourth-order valence-electron chi connectivity index (χ4n) is 2.76. The molecule has 0 heterocycles. The van der Waals surface area contributed by atoms with Crippen LogP contribution < -0.4 is 5.32 Å². The molecule has 0 saturated heterocycles. The summed E-state index contributed by atoms with van der Waals surface area (Å²) in [6, 6.07) is 7.43. The van der Waals surface area contributed by atoms with E-state index in [-0.39, 0.29) is 5.91 Å². The fourth-order valence-corrected chi connectivity index (χ4v) is 2.98. The van der Waals surface area contributed by atoms with Gasteiger partial charge in [0.15, 0.2) is 0 Å². The number of hydrogen-bond acceptors (Lipinski definition) is 3. The number of nitrogens with one attached hydrogen (secondary N) is 1. The van der Waals surface area contributed by atoms with E-state index in [9.17, 15) is 4.79 Å². The Kier molecular flexibility index (Phi) is 5.60. The number of likely N-dealkylation sites (N-methyl/N-ethyl adjacent to an activating group) is 1. The van der Waals surface area contributed by atoms with Crippen LogP contribution in [0.3, 0.4) is 0 Å². The molecule has 0 radical (unpaired) electrons. The second kappa shape index (κ2) is 7.44. The molecule has 112 valence electrons. The Labute approximate surface area is 130 Å². The monoisotopic (exact) mass is 305 g/mol. The summed E-state index contributed by atoms with van der Waals surface area (Å²) in [5.41, 5.74) is 1.04. The number of amides is 1. The predicted molar refractivity (Wildman–Crippen MR) is 84.3 cm³/mol. The molecule has 1 aliphatic carbocycles. The molecule has 21 heavy (non-hydrogen) atoms. The van der Waals surface area contributed by atoms with Crippen LogP contribution in [0.5, 0.6) is 0 Å². The van der Waals surface area contributed by atoms with Gasteiger partial charge in [0.05, 0.1) is 17.1 Å². The maximum absolute atomic E-state index is 12.1. The van der Waals surface area contributed by atoms with Crippen LogP contribution in [0, 0.1) is 11.3 Å². The minimum atomic E-state index is -0.0520. The summed E-state index contributed by atoms with van der Waals surface area (Å²) in [7, 11) is 2.00. The lowest BCUT2D eigenvalue weighted by molar-refractivity contribution is -0.117. The van der Waals surface area contributed by atoms with E-state index < -0.39 is 0 Å². The summed E-state index contributed by atoms with van der Waals surface area (Å²) in [5, 5.41) is 12.0. The van der Waals surface area contributed by atoms with Crippen LogP contribution in [0.1, 0.15) is 37.7 Å². The molecule has 0 aliphatic heterocycles. The molecule has 1 aliphatic rings. The van der Waals surface area contributed by atoms with Crippen LogP contribution >= 0.6 is 11.6 Å². The molecule has 1 saturated carbocycles. The molecule has 0 aromatic heterocycles. The largest absolute Gasteiger partial charge is 0.325 e. The van der Waals surface area contributed by atoms with Gasteiger partial charge in [0.1, 0.15) is 6.07 Å². The third-order valence-electron chi connectivity index (χ3n) is 3.96. The zero-order chi connectivity index (χ0) is 15.2. The van der Waals surface area contributed by atoms with Crippen molar-refractivity contribution in [3.63, 3.8) is 0 Å². The molecule has 0 atom stereocenters. The number of rotatable bonds is 4. The molecule has 0 bridgehead atoms. The van der Waals surface area contributed by atoms with Gasteiger partial charge < -0.3 is 5.32 Å². The van der Waals surface area contributed by atoms with Gasteiger partial charge in [0, 0.05) is 11.7 Å². The number of benzene rings is 1. The van der Waals surface area contributed by atoms with Crippen molar-refractivity contribution in [1.29, 1.82) is 5.26 Å². The van der Waals surface area contributed by atoms with E-state index in [0.29, 0.717) is 28.9 Å². The highest BCUT2D eigenvalue weighted by atomic mass is 35.5. The lowest BCUT2D eigenvalue weighted by Gasteiger charge is -2.30. The lowest BCUT2D eigenvalue weighted by atomic mass is 9.94. The van der Waals surface area contributed by atoms with Crippen LogP contribution in [-0.4, -0.2) is 30.4 Å². The molecule has 4 nitrogen and oxygen atoms in total. The Morgan fingerprint density at radius 2 is 2.14 bits per heavy atom. The highest BCUT2D eigenvalue weighted by Crippen LogP contribution is 2.22. The van der Waals surface area contributed by atoms with E-state index in [0.717, 1.165) is 0 Å². The van der Waals surface area contributed by atoms with Crippen molar-refractivity contribution in [1.82, 2.24) is 4.90 Å². The number of carbonyl (C=O) groups excluding carboxylic acids is 1. The third-order valence-corrected chi connectivity index (χ3v) is 4.28. The standard InChI is InChI=1S/C16H20ClN3O/c1-20(14-5-3-2-4-6-14)11-16(21)19-13-8-7-12(10-18)15(17)9-13/h7-9,14H,2-6,11H2,1H3,(H,19,21). The Bertz CT molecular complexity index is 547. The maximum Gasteiger partial charge on any atom is 0.238 e. The fraction of sp³-hybridized carbons (Fsp3) is 0.500. The summed E-state index contributed by atoms with van der Waals surface area (Å²) in [5.74, 6) is -0.0520. The van der Waals surface area contributed by atoms with E-state index in [1.807, 2.05) is 13.1 Å². The highest BCUT2D eigenvalue weighted by molar-refractivity contribution is 6.32. The molecule has 1 fully saturated rings. The first-order chi connectivity index (χ1) is 10.1. The summed E-state index contributed by atoms with van der Waals surface area (Å²) in [6.45, 7) is 0.377. The van der Waals surface area contributed by atoms with E-state index in [4.69, 9.17) is 16.9 Å². The van der Waals surface area contributed by atoms with Crippen molar-refractivity contribution >= 4 is 23.2 Å². The number of nitriles is 1. The summed E-state index contributed by atoms with van der Waals surface area (Å²) < 4.78 is 0. The number of carbonyl (C=O) groups is 1. The maximum atomic E-state index is 12.1. The van der Waals surface area contributed by atoms with Gasteiger partial charge in [-0.05, 0) is 38.1 Å². The van der Waals surface area contributed by atoms with Crippen LogP contribution in [0.4, 0.5) is 5.69 Å². The average molecular weight is 306 g/mol. The molecule has 1 N–H and O–H groups in total. The minimum absolute atomic E-state index is 0.0520. The van der Waals surface area contributed by atoms with Gasteiger partial charge in [0.25, 0.3) is 0 Å². The van der Waals surface area contributed by atoms with Gasteiger partial charge >= 0.3 is 0 Å². The zero-order valence-electron chi connectivity index (χ0n) is 12.2. The third kappa shape index (κ3) is 4.45. The minimum Gasteiger partial charge on any atom is -0.325 e. The van der Waals surface area contributed by atoms with Crippen molar-refractivity contribution in [2.75, 3.05) is 18.9 Å². The quantitative estimate of drug-likeness (QED) is 0.927. The van der Waals surface area contributed by atoms with Crippen LogP contribution in [0.25, 0.3) is 0 Å². The second-order valence-electron chi connectivity index (χ2n) is 5.56. The van der Waals surface area contributed by atoms with Gasteiger partial charge in [-0.25, -0.2) is 0 Å². The molecule has 0 spiro atoms. The van der Waals surface area contributed by atoms with Crippen LogP contribution in [-0.2, 0) is 4.79 Å². The van der Waals surface area contributed by atoms with Crippen molar-refractivity contribution in [2.45, 2.75) is 38.1 Å². The first kappa shape index (κ1) is 15.8. The molecule has 1 aromatic rings. The van der Waals surface area contributed by atoms with Crippen LogP contribution in [0.15, 0.2) is 18.2 Å². The predicted octanol–water partition coefficient (Wildman–Crippen LogP) is 3.41.